The van der Waals surface area contributed by atoms with Crippen molar-refractivity contribution in [1.82, 2.24) is 5.32 Å². The molecule has 3 N–H and O–H groups in total. The second-order valence-corrected chi connectivity index (χ2v) is 3.87. The summed E-state index contributed by atoms with van der Waals surface area (Å²) in [6.45, 7) is -0.482. The number of nitro benzene ring substituents is 1. The molecule has 0 saturated carbocycles. The van der Waals surface area contributed by atoms with Gasteiger partial charge in [-0.15, -0.1) is 0 Å². The molecule has 0 unspecified atom stereocenters. The van der Waals surface area contributed by atoms with Crippen LogP contribution in [0.15, 0.2) is 24.3 Å². The first-order chi connectivity index (χ1) is 9.93. The normalized spacial score (nSPS) is 9.76. The molecule has 0 aliphatic carbocycles. The van der Waals surface area contributed by atoms with Crippen molar-refractivity contribution in [3.05, 3.63) is 39.9 Å². The van der Waals surface area contributed by atoms with E-state index in [9.17, 15) is 24.5 Å². The summed E-state index contributed by atoms with van der Waals surface area (Å²) in [6.07, 6.45) is -0.107. The van der Waals surface area contributed by atoms with E-state index in [2.05, 4.69) is 10.1 Å². The SMILES string of the molecule is NCCC(=O)OC(=O)CNC(=O)c1cccc([N+](=O)[O-])c1. The minimum absolute atomic E-state index is 0.0188. The molecule has 9 nitrogen and oxygen atoms in total. The summed E-state index contributed by atoms with van der Waals surface area (Å²) in [5.74, 6) is -2.42. The van der Waals surface area contributed by atoms with E-state index < -0.39 is 29.3 Å². The summed E-state index contributed by atoms with van der Waals surface area (Å²) in [7, 11) is 0. The molecule has 112 valence electrons. The van der Waals surface area contributed by atoms with Gasteiger partial charge in [0.15, 0.2) is 0 Å². The van der Waals surface area contributed by atoms with Crippen LogP contribution in [0.2, 0.25) is 0 Å². The standard InChI is InChI=1S/C12H13N3O6/c13-5-4-10(16)21-11(17)7-14-12(18)8-2-1-3-9(6-8)15(19)20/h1-3,6H,4-5,7,13H2,(H,14,18). The van der Waals surface area contributed by atoms with Crippen molar-refractivity contribution >= 4 is 23.5 Å². The molecule has 1 aromatic rings. The van der Waals surface area contributed by atoms with Gasteiger partial charge in [0, 0.05) is 24.2 Å². The van der Waals surface area contributed by atoms with Crippen LogP contribution in [0.3, 0.4) is 0 Å². The largest absolute Gasteiger partial charge is 0.392 e. The zero-order valence-electron chi connectivity index (χ0n) is 10.9. The summed E-state index contributed by atoms with van der Waals surface area (Å²) in [5.41, 5.74) is 4.88. The quantitative estimate of drug-likeness (QED) is 0.318. The Morgan fingerprint density at radius 2 is 2.00 bits per heavy atom. The molecule has 9 heteroatoms. The van der Waals surface area contributed by atoms with Gasteiger partial charge in [-0.05, 0) is 6.07 Å². The Hall–Kier alpha value is -2.81. The maximum atomic E-state index is 11.7. The number of benzene rings is 1. The number of ether oxygens (including phenoxy) is 1. The number of nitrogens with zero attached hydrogens (tertiary/aromatic N) is 1. The lowest BCUT2D eigenvalue weighted by Gasteiger charge is -2.05. The fraction of sp³-hybridized carbons (Fsp3) is 0.250. The minimum Gasteiger partial charge on any atom is -0.392 e. The Kier molecular flexibility index (Phi) is 5.96. The van der Waals surface area contributed by atoms with Crippen LogP contribution in [0.5, 0.6) is 0 Å². The Balaban J connectivity index is 2.54. The van der Waals surface area contributed by atoms with Crippen LogP contribution in [-0.4, -0.2) is 35.9 Å². The van der Waals surface area contributed by atoms with Gasteiger partial charge in [0.2, 0.25) is 0 Å². The minimum atomic E-state index is -0.938. The van der Waals surface area contributed by atoms with Crippen LogP contribution >= 0.6 is 0 Å². The molecule has 21 heavy (non-hydrogen) atoms. The highest BCUT2D eigenvalue weighted by Crippen LogP contribution is 2.12. The molecule has 0 radical (unpaired) electrons. The number of nitrogens with one attached hydrogen (secondary N) is 1. The first-order valence-corrected chi connectivity index (χ1v) is 5.90. The summed E-state index contributed by atoms with van der Waals surface area (Å²) < 4.78 is 4.36. The van der Waals surface area contributed by atoms with Gasteiger partial charge in [-0.3, -0.25) is 19.7 Å². The molecule has 0 aromatic heterocycles. The van der Waals surface area contributed by atoms with Crippen LogP contribution in [0.4, 0.5) is 5.69 Å². The van der Waals surface area contributed by atoms with Crippen molar-refractivity contribution in [2.75, 3.05) is 13.1 Å². The van der Waals surface area contributed by atoms with Gasteiger partial charge in [0.05, 0.1) is 11.3 Å². The van der Waals surface area contributed by atoms with Crippen LogP contribution in [-0.2, 0) is 14.3 Å². The van der Waals surface area contributed by atoms with Crippen LogP contribution in [0.25, 0.3) is 0 Å². The third-order valence-electron chi connectivity index (χ3n) is 2.29. The number of carbonyl (C=O) groups excluding carboxylic acids is 3. The molecule has 0 saturated heterocycles. The predicted octanol–water partition coefficient (Wildman–Crippen LogP) is -0.257. The number of esters is 2. The smallest absolute Gasteiger partial charge is 0.333 e. The van der Waals surface area contributed by atoms with E-state index in [0.29, 0.717) is 0 Å². The van der Waals surface area contributed by atoms with E-state index in [1.807, 2.05) is 0 Å². The lowest BCUT2D eigenvalue weighted by atomic mass is 10.2. The molecule has 0 spiro atoms. The Labute approximate surface area is 119 Å². The number of hydrogen-bond donors (Lipinski definition) is 2. The zero-order chi connectivity index (χ0) is 15.8. The third-order valence-corrected chi connectivity index (χ3v) is 2.29. The van der Waals surface area contributed by atoms with Crippen LogP contribution in [0, 0.1) is 10.1 Å². The summed E-state index contributed by atoms with van der Waals surface area (Å²) in [5, 5.41) is 12.8. The van der Waals surface area contributed by atoms with Gasteiger partial charge in [0.1, 0.15) is 6.54 Å². The van der Waals surface area contributed by atoms with Crippen molar-refractivity contribution < 1.29 is 24.0 Å². The van der Waals surface area contributed by atoms with Crippen molar-refractivity contribution in [2.24, 2.45) is 5.73 Å². The molecule has 1 rings (SSSR count). The van der Waals surface area contributed by atoms with E-state index in [0.717, 1.165) is 6.07 Å². The van der Waals surface area contributed by atoms with Gasteiger partial charge < -0.3 is 15.8 Å². The van der Waals surface area contributed by atoms with E-state index >= 15 is 0 Å². The van der Waals surface area contributed by atoms with E-state index in [-0.39, 0.29) is 24.2 Å². The van der Waals surface area contributed by atoms with Gasteiger partial charge in [0.25, 0.3) is 11.6 Å². The lowest BCUT2D eigenvalue weighted by molar-refractivity contribution is -0.384. The summed E-state index contributed by atoms with van der Waals surface area (Å²) >= 11 is 0. The van der Waals surface area contributed by atoms with Gasteiger partial charge in [-0.25, -0.2) is 4.79 Å². The fourth-order valence-corrected chi connectivity index (χ4v) is 1.35. The molecular formula is C12H13N3O6. The van der Waals surface area contributed by atoms with E-state index in [1.165, 1.54) is 18.2 Å². The molecule has 0 aliphatic rings. The van der Waals surface area contributed by atoms with Crippen molar-refractivity contribution in [2.45, 2.75) is 6.42 Å². The monoisotopic (exact) mass is 295 g/mol. The Bertz CT molecular complexity index is 572. The van der Waals surface area contributed by atoms with Crippen molar-refractivity contribution in [1.29, 1.82) is 0 Å². The predicted molar refractivity (Wildman–Crippen MR) is 70.2 cm³/mol. The van der Waals surface area contributed by atoms with Gasteiger partial charge in [-0.2, -0.15) is 0 Å². The number of non-ortho nitro benzene ring substituents is 1. The Morgan fingerprint density at radius 3 is 2.62 bits per heavy atom. The molecular weight excluding hydrogens is 282 g/mol. The lowest BCUT2D eigenvalue weighted by Crippen LogP contribution is -2.32. The molecule has 1 aromatic carbocycles. The number of amides is 1. The van der Waals surface area contributed by atoms with Crippen LogP contribution in [0.1, 0.15) is 16.8 Å². The molecule has 0 heterocycles. The number of hydrogen-bond acceptors (Lipinski definition) is 7. The highest BCUT2D eigenvalue weighted by atomic mass is 16.6. The number of nitrogens with two attached hydrogens (primary N) is 1. The maximum absolute atomic E-state index is 11.7. The highest BCUT2D eigenvalue weighted by molar-refractivity contribution is 5.97. The van der Waals surface area contributed by atoms with E-state index in [4.69, 9.17) is 5.73 Å². The number of nitro groups is 1. The summed E-state index contributed by atoms with van der Waals surface area (Å²) in [6, 6.07) is 5.00. The number of carbonyl (C=O) groups is 3. The topological polar surface area (TPSA) is 142 Å². The third kappa shape index (κ3) is 5.37. The summed E-state index contributed by atoms with van der Waals surface area (Å²) in [4.78, 5) is 43.8. The highest BCUT2D eigenvalue weighted by Gasteiger charge is 2.14. The molecule has 0 bridgehead atoms. The fourth-order valence-electron chi connectivity index (χ4n) is 1.35. The molecule has 0 fully saturated rings. The molecule has 0 atom stereocenters. The van der Waals surface area contributed by atoms with Gasteiger partial charge in [-0.1, -0.05) is 6.07 Å². The second-order valence-electron chi connectivity index (χ2n) is 3.87. The first kappa shape index (κ1) is 16.2. The second kappa shape index (κ2) is 7.70. The Morgan fingerprint density at radius 1 is 1.29 bits per heavy atom. The van der Waals surface area contributed by atoms with Crippen LogP contribution < -0.4 is 11.1 Å². The average Bonchev–Trinajstić information content (AvgIpc) is 2.45. The van der Waals surface area contributed by atoms with E-state index in [1.54, 1.807) is 0 Å². The van der Waals surface area contributed by atoms with Crippen molar-refractivity contribution in [3.63, 3.8) is 0 Å². The number of rotatable bonds is 6. The molecule has 1 amide bonds. The van der Waals surface area contributed by atoms with Gasteiger partial charge >= 0.3 is 11.9 Å². The van der Waals surface area contributed by atoms with Crippen molar-refractivity contribution in [3.8, 4) is 0 Å². The average molecular weight is 295 g/mol. The first-order valence-electron chi connectivity index (χ1n) is 5.90. The maximum Gasteiger partial charge on any atom is 0.333 e. The molecule has 0 aliphatic heterocycles. The zero-order valence-corrected chi connectivity index (χ0v) is 10.9.